The summed E-state index contributed by atoms with van der Waals surface area (Å²) in [7, 11) is 0. The average Bonchev–Trinajstić information content (AvgIpc) is 2.70. The fourth-order valence-corrected chi connectivity index (χ4v) is 2.33. The first-order valence-electron chi connectivity index (χ1n) is 5.60. The molecule has 0 aromatic carbocycles. The van der Waals surface area contributed by atoms with Gasteiger partial charge < -0.3 is 10.5 Å². The quantitative estimate of drug-likeness (QED) is 0.519. The smallest absolute Gasteiger partial charge is 0.359 e. The van der Waals surface area contributed by atoms with E-state index in [2.05, 4.69) is 16.8 Å². The number of rotatable bonds is 4. The predicted molar refractivity (Wildman–Crippen MR) is 77.1 cm³/mol. The van der Waals surface area contributed by atoms with Gasteiger partial charge in [-0.1, -0.05) is 34.9 Å². The van der Waals surface area contributed by atoms with Crippen molar-refractivity contribution in [2.45, 2.75) is 20.3 Å². The van der Waals surface area contributed by atoms with E-state index in [0.717, 1.165) is 11.3 Å². The maximum atomic E-state index is 11.6. The fraction of sp³-hybridized carbons (Fsp3) is 0.417. The Morgan fingerprint density at radius 2 is 2.26 bits per heavy atom. The normalized spacial score (nSPS) is 9.58. The number of anilines is 1. The summed E-state index contributed by atoms with van der Waals surface area (Å²) < 4.78 is 4.87. The highest BCUT2D eigenvalue weighted by Gasteiger charge is 2.16. The zero-order valence-corrected chi connectivity index (χ0v) is 12.3. The molecule has 0 bridgehead atoms. The van der Waals surface area contributed by atoms with Crippen molar-refractivity contribution >= 4 is 39.3 Å². The second-order valence-corrected chi connectivity index (χ2v) is 5.64. The van der Waals surface area contributed by atoms with Gasteiger partial charge in [-0.25, -0.2) is 9.78 Å². The molecule has 1 heterocycles. The molecular weight excluding hydrogens is 284 g/mol. The lowest BCUT2D eigenvalue weighted by Crippen LogP contribution is -2.06. The average molecular weight is 298 g/mol. The van der Waals surface area contributed by atoms with Gasteiger partial charge in [0.1, 0.15) is 4.88 Å². The largest absolute Gasteiger partial charge is 0.461 e. The van der Waals surface area contributed by atoms with Crippen LogP contribution in [0.15, 0.2) is 0 Å². The van der Waals surface area contributed by atoms with Crippen molar-refractivity contribution in [3.05, 3.63) is 10.6 Å². The van der Waals surface area contributed by atoms with Gasteiger partial charge in [0.25, 0.3) is 0 Å². The van der Waals surface area contributed by atoms with Crippen molar-refractivity contribution < 1.29 is 14.3 Å². The maximum absolute atomic E-state index is 11.6. The van der Waals surface area contributed by atoms with E-state index in [1.807, 2.05) is 0 Å². The monoisotopic (exact) mass is 298 g/mol. The van der Waals surface area contributed by atoms with E-state index in [-0.39, 0.29) is 22.5 Å². The van der Waals surface area contributed by atoms with Gasteiger partial charge in [0.2, 0.25) is 0 Å². The number of esters is 1. The number of hydrogen-bond acceptors (Lipinski definition) is 7. The number of carbonyl (C=O) groups excluding carboxylic acids is 2. The summed E-state index contributed by atoms with van der Waals surface area (Å²) in [5, 5.41) is 0.349. The molecule has 5 nitrogen and oxygen atoms in total. The van der Waals surface area contributed by atoms with Crippen LogP contribution in [0, 0.1) is 11.8 Å². The molecule has 7 heteroatoms. The van der Waals surface area contributed by atoms with Gasteiger partial charge in [0, 0.05) is 19.1 Å². The molecule has 1 aromatic heterocycles. The van der Waals surface area contributed by atoms with E-state index in [0.29, 0.717) is 17.1 Å². The highest BCUT2D eigenvalue weighted by molar-refractivity contribution is 8.13. The molecule has 1 rings (SSSR count). The van der Waals surface area contributed by atoms with Gasteiger partial charge >= 0.3 is 5.97 Å². The van der Waals surface area contributed by atoms with Crippen LogP contribution < -0.4 is 5.73 Å². The fourth-order valence-electron chi connectivity index (χ4n) is 1.15. The molecule has 0 aliphatic carbocycles. The second-order valence-electron chi connectivity index (χ2n) is 3.34. The Morgan fingerprint density at radius 1 is 1.53 bits per heavy atom. The number of nitrogen functional groups attached to an aromatic ring is 1. The topological polar surface area (TPSA) is 82.3 Å². The first kappa shape index (κ1) is 15.5. The van der Waals surface area contributed by atoms with Crippen LogP contribution in [0.2, 0.25) is 0 Å². The minimum Gasteiger partial charge on any atom is -0.461 e. The van der Waals surface area contributed by atoms with Crippen LogP contribution in [-0.2, 0) is 9.53 Å². The molecule has 0 amide bonds. The highest BCUT2D eigenvalue weighted by Crippen LogP contribution is 2.20. The van der Waals surface area contributed by atoms with E-state index in [4.69, 9.17) is 10.5 Å². The Labute approximate surface area is 119 Å². The van der Waals surface area contributed by atoms with Crippen LogP contribution in [0.5, 0.6) is 0 Å². The SMILES string of the molecule is CCOC(=O)c1nc(N)sc1C#CCCSC(C)=O. The predicted octanol–water partition coefficient (Wildman–Crippen LogP) is 1.92. The van der Waals surface area contributed by atoms with Crippen LogP contribution in [0.3, 0.4) is 0 Å². The maximum Gasteiger partial charge on any atom is 0.359 e. The van der Waals surface area contributed by atoms with Gasteiger partial charge in [0.05, 0.1) is 6.61 Å². The number of nitrogens with two attached hydrogens (primary N) is 1. The number of ether oxygens (including phenoxy) is 1. The second kappa shape index (κ2) is 7.81. The molecule has 2 N–H and O–H groups in total. The first-order chi connectivity index (χ1) is 9.04. The molecule has 102 valence electrons. The van der Waals surface area contributed by atoms with Crippen molar-refractivity contribution in [3.8, 4) is 11.8 Å². The van der Waals surface area contributed by atoms with Crippen molar-refractivity contribution in [3.63, 3.8) is 0 Å². The Kier molecular flexibility index (Phi) is 6.39. The van der Waals surface area contributed by atoms with Gasteiger partial charge in [-0.3, -0.25) is 4.79 Å². The van der Waals surface area contributed by atoms with E-state index in [1.165, 1.54) is 18.7 Å². The number of thioether (sulfide) groups is 1. The highest BCUT2D eigenvalue weighted by atomic mass is 32.2. The van der Waals surface area contributed by atoms with E-state index in [9.17, 15) is 9.59 Å². The third kappa shape index (κ3) is 5.32. The summed E-state index contributed by atoms with van der Waals surface area (Å²) in [5.74, 6) is 5.85. The van der Waals surface area contributed by atoms with Crippen molar-refractivity contribution in [1.82, 2.24) is 4.98 Å². The Hall–Kier alpha value is -1.52. The molecule has 0 aliphatic rings. The lowest BCUT2D eigenvalue weighted by Gasteiger charge is -1.97. The number of thiazole rings is 1. The number of aromatic nitrogens is 1. The summed E-state index contributed by atoms with van der Waals surface area (Å²) in [6.45, 7) is 3.51. The third-order valence-corrected chi connectivity index (χ3v) is 3.46. The molecule has 19 heavy (non-hydrogen) atoms. The summed E-state index contributed by atoms with van der Waals surface area (Å²) in [6, 6.07) is 0. The van der Waals surface area contributed by atoms with Gasteiger partial charge in [-0.15, -0.1) is 0 Å². The van der Waals surface area contributed by atoms with Crippen LogP contribution in [0.1, 0.15) is 35.6 Å². The molecular formula is C12H14N2O3S2. The van der Waals surface area contributed by atoms with Gasteiger partial charge in [-0.05, 0) is 6.92 Å². The third-order valence-electron chi connectivity index (χ3n) is 1.85. The van der Waals surface area contributed by atoms with E-state index < -0.39 is 5.97 Å². The number of carbonyl (C=O) groups is 2. The molecule has 0 unspecified atom stereocenters. The number of nitrogens with zero attached hydrogens (tertiary/aromatic N) is 1. The number of hydrogen-bond donors (Lipinski definition) is 1. The van der Waals surface area contributed by atoms with Crippen molar-refractivity contribution in [2.24, 2.45) is 0 Å². The minimum atomic E-state index is -0.516. The van der Waals surface area contributed by atoms with E-state index in [1.54, 1.807) is 6.92 Å². The van der Waals surface area contributed by atoms with Crippen molar-refractivity contribution in [2.75, 3.05) is 18.1 Å². The Balaban J connectivity index is 2.70. The van der Waals surface area contributed by atoms with Crippen molar-refractivity contribution in [1.29, 1.82) is 0 Å². The summed E-state index contributed by atoms with van der Waals surface area (Å²) in [5.41, 5.74) is 5.73. The molecule has 0 aliphatic heterocycles. The minimum absolute atomic E-state index is 0.0658. The molecule has 1 aromatic rings. The van der Waals surface area contributed by atoms with Crippen LogP contribution in [0.25, 0.3) is 0 Å². The summed E-state index contributed by atoms with van der Waals surface area (Å²) in [6.07, 6.45) is 0.560. The molecule has 0 saturated carbocycles. The molecule has 0 fully saturated rings. The molecule has 0 radical (unpaired) electrons. The first-order valence-corrected chi connectivity index (χ1v) is 7.40. The lowest BCUT2D eigenvalue weighted by atomic mass is 10.3. The van der Waals surface area contributed by atoms with Gasteiger partial charge in [-0.2, -0.15) is 0 Å². The zero-order chi connectivity index (χ0) is 14.3. The van der Waals surface area contributed by atoms with Crippen LogP contribution in [0.4, 0.5) is 5.13 Å². The lowest BCUT2D eigenvalue weighted by molar-refractivity contribution is -0.109. The van der Waals surface area contributed by atoms with Crippen LogP contribution >= 0.6 is 23.1 Å². The molecule has 0 saturated heterocycles. The summed E-state index contributed by atoms with van der Waals surface area (Å²) in [4.78, 5) is 26.8. The van der Waals surface area contributed by atoms with Gasteiger partial charge in [0.15, 0.2) is 15.9 Å². The summed E-state index contributed by atoms with van der Waals surface area (Å²) >= 11 is 2.37. The Morgan fingerprint density at radius 3 is 2.89 bits per heavy atom. The van der Waals surface area contributed by atoms with Crippen LogP contribution in [-0.4, -0.2) is 28.4 Å². The van der Waals surface area contributed by atoms with E-state index >= 15 is 0 Å². The standard InChI is InChI=1S/C12H14N2O3S2/c1-3-17-11(16)10-9(19-12(13)14-10)6-4-5-7-18-8(2)15/h3,5,7H2,1-2H3,(H2,13,14). The Bertz CT molecular complexity index is 529. The zero-order valence-electron chi connectivity index (χ0n) is 10.7. The molecule has 0 spiro atoms. The molecule has 0 atom stereocenters.